The molecule has 2 heterocycles. The van der Waals surface area contributed by atoms with Crippen molar-refractivity contribution in [1.82, 2.24) is 9.80 Å². The molecule has 1 aromatic carbocycles. The molecule has 23 heavy (non-hydrogen) atoms. The van der Waals surface area contributed by atoms with Crippen LogP contribution < -0.4 is 5.32 Å². The van der Waals surface area contributed by atoms with Crippen LogP contribution in [0.3, 0.4) is 0 Å². The quantitative estimate of drug-likeness (QED) is 0.932. The molecule has 0 aliphatic carbocycles. The van der Waals surface area contributed by atoms with Crippen LogP contribution in [0, 0.1) is 0 Å². The fraction of sp³-hybridized carbons (Fsp3) is 0.611. The molecule has 0 aromatic heterocycles. The number of carbonyl (C=O) groups excluding carboxylic acids is 1. The van der Waals surface area contributed by atoms with Crippen LogP contribution in [-0.4, -0.2) is 61.3 Å². The van der Waals surface area contributed by atoms with Gasteiger partial charge in [-0.3, -0.25) is 0 Å². The predicted molar refractivity (Wildman–Crippen MR) is 91.7 cm³/mol. The summed E-state index contributed by atoms with van der Waals surface area (Å²) in [5.74, 6) is 0. The minimum Gasteiger partial charge on any atom is -0.381 e. The Balaban J connectivity index is 1.47. The summed E-state index contributed by atoms with van der Waals surface area (Å²) in [7, 11) is 1.91. The second kappa shape index (κ2) is 7.79. The molecule has 1 N–H and O–H groups in total. The van der Waals surface area contributed by atoms with Gasteiger partial charge in [0.1, 0.15) is 0 Å². The Hall–Kier alpha value is -1.59. The predicted octanol–water partition coefficient (Wildman–Crippen LogP) is 2.79. The van der Waals surface area contributed by atoms with E-state index in [0.29, 0.717) is 12.1 Å². The third kappa shape index (κ3) is 4.24. The number of likely N-dealkylation sites (tertiary alicyclic amines) is 1. The second-order valence-electron chi connectivity index (χ2n) is 6.52. The monoisotopic (exact) mass is 317 g/mol. The molecule has 0 unspecified atom stereocenters. The molecule has 2 saturated heterocycles. The number of nitrogens with one attached hydrogen (secondary N) is 1. The average Bonchev–Trinajstić information content (AvgIpc) is 2.63. The number of nitrogens with zero attached hydrogens (tertiary/aromatic N) is 2. The number of amides is 2. The maximum Gasteiger partial charge on any atom is 0.321 e. The fourth-order valence-electron chi connectivity index (χ4n) is 3.59. The van der Waals surface area contributed by atoms with Crippen molar-refractivity contribution in [3.05, 3.63) is 30.3 Å². The number of hydrogen-bond acceptors (Lipinski definition) is 3. The normalized spacial score (nSPS) is 21.1. The van der Waals surface area contributed by atoms with Gasteiger partial charge in [0.05, 0.1) is 0 Å². The van der Waals surface area contributed by atoms with Crippen molar-refractivity contribution in [3.8, 4) is 0 Å². The van der Waals surface area contributed by atoms with Gasteiger partial charge in [-0.05, 0) is 37.8 Å². The summed E-state index contributed by atoms with van der Waals surface area (Å²) in [5, 5.41) is 2.97. The number of piperidine rings is 1. The Bertz CT molecular complexity index is 494. The number of benzene rings is 1. The smallest absolute Gasteiger partial charge is 0.321 e. The lowest BCUT2D eigenvalue weighted by atomic mass is 9.99. The van der Waals surface area contributed by atoms with Crippen LogP contribution in [0.15, 0.2) is 30.3 Å². The Labute approximate surface area is 138 Å². The Morgan fingerprint density at radius 1 is 1.13 bits per heavy atom. The first-order chi connectivity index (χ1) is 11.2. The number of rotatable bonds is 3. The summed E-state index contributed by atoms with van der Waals surface area (Å²) in [4.78, 5) is 16.8. The van der Waals surface area contributed by atoms with Crippen molar-refractivity contribution in [2.75, 3.05) is 38.7 Å². The number of anilines is 1. The molecule has 5 nitrogen and oxygen atoms in total. The third-order valence-electron chi connectivity index (χ3n) is 5.10. The molecule has 0 bridgehead atoms. The summed E-state index contributed by atoms with van der Waals surface area (Å²) >= 11 is 0. The highest BCUT2D eigenvalue weighted by Crippen LogP contribution is 2.22. The zero-order valence-electron chi connectivity index (χ0n) is 13.9. The van der Waals surface area contributed by atoms with E-state index in [1.807, 2.05) is 42.3 Å². The van der Waals surface area contributed by atoms with E-state index in [2.05, 4.69) is 10.2 Å². The average molecular weight is 317 g/mol. The summed E-state index contributed by atoms with van der Waals surface area (Å²) < 4.78 is 5.45. The molecule has 0 saturated carbocycles. The van der Waals surface area contributed by atoms with Crippen molar-refractivity contribution in [2.24, 2.45) is 0 Å². The largest absolute Gasteiger partial charge is 0.381 e. The molecule has 126 valence electrons. The van der Waals surface area contributed by atoms with Gasteiger partial charge in [-0.2, -0.15) is 0 Å². The van der Waals surface area contributed by atoms with Gasteiger partial charge in [-0.25, -0.2) is 4.79 Å². The first-order valence-corrected chi connectivity index (χ1v) is 8.64. The first kappa shape index (κ1) is 16.3. The molecule has 0 spiro atoms. The molecular formula is C18H27N3O2. The fourth-order valence-corrected chi connectivity index (χ4v) is 3.59. The second-order valence-corrected chi connectivity index (χ2v) is 6.52. The van der Waals surface area contributed by atoms with E-state index in [1.165, 1.54) is 0 Å². The Morgan fingerprint density at radius 3 is 2.43 bits per heavy atom. The van der Waals surface area contributed by atoms with E-state index >= 15 is 0 Å². The molecule has 1 aromatic rings. The lowest BCUT2D eigenvalue weighted by molar-refractivity contribution is 0.0190. The third-order valence-corrected chi connectivity index (χ3v) is 5.10. The zero-order chi connectivity index (χ0) is 16.1. The van der Waals surface area contributed by atoms with Gasteiger partial charge in [0, 0.05) is 51.1 Å². The topological polar surface area (TPSA) is 44.8 Å². The van der Waals surface area contributed by atoms with Crippen LogP contribution in [-0.2, 0) is 4.74 Å². The number of carbonyl (C=O) groups is 1. The van der Waals surface area contributed by atoms with E-state index < -0.39 is 0 Å². The molecule has 5 heteroatoms. The lowest BCUT2D eigenvalue weighted by Gasteiger charge is -2.41. The number of hydrogen-bond donors (Lipinski definition) is 1. The van der Waals surface area contributed by atoms with Gasteiger partial charge in [0.25, 0.3) is 0 Å². The highest BCUT2D eigenvalue weighted by atomic mass is 16.5. The van der Waals surface area contributed by atoms with E-state index in [-0.39, 0.29) is 6.03 Å². The van der Waals surface area contributed by atoms with E-state index in [9.17, 15) is 4.79 Å². The van der Waals surface area contributed by atoms with Gasteiger partial charge in [0.2, 0.25) is 0 Å². The van der Waals surface area contributed by atoms with E-state index in [0.717, 1.165) is 57.7 Å². The summed E-state index contributed by atoms with van der Waals surface area (Å²) in [5.41, 5.74) is 0.851. The van der Waals surface area contributed by atoms with Crippen molar-refractivity contribution in [1.29, 1.82) is 0 Å². The summed E-state index contributed by atoms with van der Waals surface area (Å²) in [6, 6.07) is 10.6. The van der Waals surface area contributed by atoms with Crippen molar-refractivity contribution in [2.45, 2.75) is 37.8 Å². The van der Waals surface area contributed by atoms with Crippen molar-refractivity contribution in [3.63, 3.8) is 0 Å². The molecule has 2 aliphatic rings. The number of para-hydroxylation sites is 1. The van der Waals surface area contributed by atoms with Crippen LogP contribution in [0.1, 0.15) is 25.7 Å². The van der Waals surface area contributed by atoms with Crippen molar-refractivity contribution < 1.29 is 9.53 Å². The van der Waals surface area contributed by atoms with Gasteiger partial charge >= 0.3 is 6.03 Å². The molecule has 2 aliphatic heterocycles. The van der Waals surface area contributed by atoms with Crippen LogP contribution in [0.2, 0.25) is 0 Å². The standard InChI is InChI=1S/C18H27N3O2/c1-20(18(22)19-15-5-3-2-4-6-15)16-7-11-21(12-8-16)17-9-13-23-14-10-17/h2-6,16-17H,7-14H2,1H3,(H,19,22). The van der Waals surface area contributed by atoms with Gasteiger partial charge in [-0.15, -0.1) is 0 Å². The van der Waals surface area contributed by atoms with Gasteiger partial charge in [0.15, 0.2) is 0 Å². The SMILES string of the molecule is CN(C(=O)Nc1ccccc1)C1CCN(C2CCOCC2)CC1. The minimum atomic E-state index is -0.0132. The first-order valence-electron chi connectivity index (χ1n) is 8.64. The highest BCUT2D eigenvalue weighted by Gasteiger charge is 2.29. The molecule has 2 amide bonds. The highest BCUT2D eigenvalue weighted by molar-refractivity contribution is 5.89. The molecule has 0 atom stereocenters. The van der Waals surface area contributed by atoms with Crippen LogP contribution in [0.5, 0.6) is 0 Å². The molecule has 0 radical (unpaired) electrons. The minimum absolute atomic E-state index is 0.0132. The molecule has 2 fully saturated rings. The number of ether oxygens (including phenoxy) is 1. The number of urea groups is 1. The van der Waals surface area contributed by atoms with E-state index in [4.69, 9.17) is 4.74 Å². The lowest BCUT2D eigenvalue weighted by Crippen LogP contribution is -2.50. The summed E-state index contributed by atoms with van der Waals surface area (Å²) in [6.07, 6.45) is 4.40. The van der Waals surface area contributed by atoms with E-state index in [1.54, 1.807) is 0 Å². The van der Waals surface area contributed by atoms with Crippen LogP contribution in [0.4, 0.5) is 10.5 Å². The van der Waals surface area contributed by atoms with Crippen LogP contribution >= 0.6 is 0 Å². The van der Waals surface area contributed by atoms with Gasteiger partial charge < -0.3 is 19.9 Å². The zero-order valence-corrected chi connectivity index (χ0v) is 13.9. The Kier molecular flexibility index (Phi) is 5.51. The van der Waals surface area contributed by atoms with Gasteiger partial charge in [-0.1, -0.05) is 18.2 Å². The van der Waals surface area contributed by atoms with Crippen molar-refractivity contribution >= 4 is 11.7 Å². The summed E-state index contributed by atoms with van der Waals surface area (Å²) in [6.45, 7) is 3.95. The maximum atomic E-state index is 12.4. The molecular weight excluding hydrogens is 290 g/mol. The molecule has 3 rings (SSSR count). The van der Waals surface area contributed by atoms with Crippen LogP contribution in [0.25, 0.3) is 0 Å². The Morgan fingerprint density at radius 2 is 1.78 bits per heavy atom. The maximum absolute atomic E-state index is 12.4.